The second-order valence-electron chi connectivity index (χ2n) is 5.22. The molecule has 0 spiro atoms. The van der Waals surface area contributed by atoms with Crippen LogP contribution >= 0.6 is 23.2 Å². The minimum absolute atomic E-state index is 0.376. The first-order chi connectivity index (χ1) is 11.0. The summed E-state index contributed by atoms with van der Waals surface area (Å²) < 4.78 is 6.72. The van der Waals surface area contributed by atoms with Crippen molar-refractivity contribution in [1.82, 2.24) is 9.55 Å². The number of rotatable bonds is 3. The molecular weight excluding hydrogens is 335 g/mol. The topological polar surface area (TPSA) is 44.1 Å². The lowest BCUT2D eigenvalue weighted by Crippen LogP contribution is -2.21. The van der Waals surface area contributed by atoms with Gasteiger partial charge < -0.3 is 9.30 Å². The van der Waals surface area contributed by atoms with Gasteiger partial charge in [-0.2, -0.15) is 0 Å². The van der Waals surface area contributed by atoms with Crippen molar-refractivity contribution in [2.24, 2.45) is 0 Å². The highest BCUT2D eigenvalue weighted by Crippen LogP contribution is 2.32. The van der Waals surface area contributed by atoms with Crippen LogP contribution in [0.2, 0.25) is 10.0 Å². The lowest BCUT2D eigenvalue weighted by molar-refractivity contribution is -0.143. The molecule has 0 aliphatic carbocycles. The van der Waals surface area contributed by atoms with Crippen LogP contribution in [0.15, 0.2) is 42.7 Å². The van der Waals surface area contributed by atoms with Crippen LogP contribution in [0.1, 0.15) is 17.2 Å². The third kappa shape index (κ3) is 2.80. The van der Waals surface area contributed by atoms with Crippen LogP contribution in [-0.2, 0) is 9.53 Å². The Balaban J connectivity index is 2.20. The van der Waals surface area contributed by atoms with Gasteiger partial charge in [0, 0.05) is 17.8 Å². The lowest BCUT2D eigenvalue weighted by Gasteiger charge is -2.18. The van der Waals surface area contributed by atoms with Crippen molar-refractivity contribution in [2.75, 3.05) is 7.11 Å². The minimum Gasteiger partial charge on any atom is -0.467 e. The molecule has 0 saturated heterocycles. The Hall–Kier alpha value is -2.04. The van der Waals surface area contributed by atoms with Crippen LogP contribution in [0.25, 0.3) is 11.0 Å². The summed E-state index contributed by atoms with van der Waals surface area (Å²) in [6.07, 6.45) is 3.24. The molecule has 0 radical (unpaired) electrons. The molecule has 6 heteroatoms. The van der Waals surface area contributed by atoms with Crippen molar-refractivity contribution in [3.63, 3.8) is 0 Å². The number of hydrogen-bond acceptors (Lipinski definition) is 3. The standard InChI is InChI=1S/C17H14Cl2N2O2/c1-10-3-5-11(6-4-10)15(17(22)23-2)21-8-7-12-14(19)13(18)9-20-16(12)21/h3-9,15H,1-2H3. The van der Waals surface area contributed by atoms with Crippen LogP contribution in [0.4, 0.5) is 0 Å². The Morgan fingerprint density at radius 2 is 1.91 bits per heavy atom. The van der Waals surface area contributed by atoms with E-state index >= 15 is 0 Å². The van der Waals surface area contributed by atoms with Crippen molar-refractivity contribution in [3.8, 4) is 0 Å². The summed E-state index contributed by atoms with van der Waals surface area (Å²) >= 11 is 12.2. The van der Waals surface area contributed by atoms with Crippen LogP contribution < -0.4 is 0 Å². The van der Waals surface area contributed by atoms with E-state index in [0.717, 1.165) is 11.1 Å². The van der Waals surface area contributed by atoms with E-state index in [-0.39, 0.29) is 5.97 Å². The fourth-order valence-corrected chi connectivity index (χ4v) is 2.88. The zero-order valence-electron chi connectivity index (χ0n) is 12.6. The molecular formula is C17H14Cl2N2O2. The summed E-state index contributed by atoms with van der Waals surface area (Å²) in [5, 5.41) is 1.49. The van der Waals surface area contributed by atoms with Crippen molar-refractivity contribution in [1.29, 1.82) is 0 Å². The van der Waals surface area contributed by atoms with Crippen molar-refractivity contribution in [2.45, 2.75) is 13.0 Å². The summed E-state index contributed by atoms with van der Waals surface area (Å²) in [5.41, 5.74) is 2.51. The van der Waals surface area contributed by atoms with E-state index in [0.29, 0.717) is 21.1 Å². The molecule has 0 aliphatic heterocycles. The van der Waals surface area contributed by atoms with Gasteiger partial charge in [-0.25, -0.2) is 9.78 Å². The molecule has 1 unspecified atom stereocenters. The van der Waals surface area contributed by atoms with Crippen molar-refractivity contribution >= 4 is 40.2 Å². The van der Waals surface area contributed by atoms with Gasteiger partial charge in [0.25, 0.3) is 0 Å². The molecule has 3 rings (SSSR count). The maximum Gasteiger partial charge on any atom is 0.333 e. The summed E-state index contributed by atoms with van der Waals surface area (Å²) in [5.74, 6) is -0.376. The van der Waals surface area contributed by atoms with E-state index in [4.69, 9.17) is 27.9 Å². The van der Waals surface area contributed by atoms with Crippen molar-refractivity contribution in [3.05, 3.63) is 63.9 Å². The Labute approximate surface area is 143 Å². The molecule has 0 amide bonds. The molecule has 0 bridgehead atoms. The van der Waals surface area contributed by atoms with Crippen molar-refractivity contribution < 1.29 is 9.53 Å². The molecule has 2 heterocycles. The van der Waals surface area contributed by atoms with Crippen LogP contribution in [0, 0.1) is 6.92 Å². The fourth-order valence-electron chi connectivity index (χ4n) is 2.53. The monoisotopic (exact) mass is 348 g/mol. The van der Waals surface area contributed by atoms with E-state index in [9.17, 15) is 4.79 Å². The van der Waals surface area contributed by atoms with E-state index in [1.54, 1.807) is 16.8 Å². The molecule has 0 aliphatic rings. The number of aryl methyl sites for hydroxylation is 1. The molecule has 3 aromatic rings. The van der Waals surface area contributed by atoms with Gasteiger partial charge in [0.2, 0.25) is 0 Å². The second-order valence-corrected chi connectivity index (χ2v) is 6.00. The summed E-state index contributed by atoms with van der Waals surface area (Å²) in [4.78, 5) is 16.7. The van der Waals surface area contributed by atoms with Gasteiger partial charge in [0.15, 0.2) is 6.04 Å². The average Bonchev–Trinajstić information content (AvgIpc) is 2.97. The van der Waals surface area contributed by atoms with Crippen LogP contribution in [0.3, 0.4) is 0 Å². The number of carbonyl (C=O) groups is 1. The molecule has 0 N–H and O–H groups in total. The highest BCUT2D eigenvalue weighted by atomic mass is 35.5. The first-order valence-corrected chi connectivity index (χ1v) is 7.73. The Bertz CT molecular complexity index is 872. The van der Waals surface area contributed by atoms with Crippen LogP contribution in [-0.4, -0.2) is 22.6 Å². The number of carbonyl (C=O) groups excluding carboxylic acids is 1. The number of pyridine rings is 1. The molecule has 1 aromatic carbocycles. The largest absolute Gasteiger partial charge is 0.467 e. The van der Waals surface area contributed by atoms with Gasteiger partial charge in [-0.3, -0.25) is 0 Å². The zero-order chi connectivity index (χ0) is 16.6. The molecule has 118 valence electrons. The van der Waals surface area contributed by atoms with Gasteiger partial charge in [-0.15, -0.1) is 0 Å². The lowest BCUT2D eigenvalue weighted by atomic mass is 10.1. The third-order valence-corrected chi connectivity index (χ3v) is 4.52. The Morgan fingerprint density at radius 1 is 1.22 bits per heavy atom. The van der Waals surface area contributed by atoms with E-state index in [2.05, 4.69) is 4.98 Å². The molecule has 2 aromatic heterocycles. The number of methoxy groups -OCH3 is 1. The number of halogens is 2. The number of ether oxygens (including phenoxy) is 1. The van der Waals surface area contributed by atoms with Gasteiger partial charge in [0.1, 0.15) is 5.65 Å². The normalized spacial score (nSPS) is 12.3. The average molecular weight is 349 g/mol. The molecule has 1 atom stereocenters. The maximum absolute atomic E-state index is 12.4. The van der Waals surface area contributed by atoms with E-state index < -0.39 is 6.04 Å². The predicted molar refractivity (Wildman–Crippen MR) is 91.1 cm³/mol. The number of hydrogen-bond donors (Lipinski definition) is 0. The second kappa shape index (κ2) is 6.22. The minimum atomic E-state index is -0.636. The highest BCUT2D eigenvalue weighted by Gasteiger charge is 2.25. The first-order valence-electron chi connectivity index (χ1n) is 6.98. The third-order valence-electron chi connectivity index (χ3n) is 3.73. The zero-order valence-corrected chi connectivity index (χ0v) is 14.1. The van der Waals surface area contributed by atoms with Gasteiger partial charge >= 0.3 is 5.97 Å². The smallest absolute Gasteiger partial charge is 0.333 e. The Kier molecular flexibility index (Phi) is 4.28. The van der Waals surface area contributed by atoms with E-state index in [1.807, 2.05) is 31.2 Å². The number of nitrogens with zero attached hydrogens (tertiary/aromatic N) is 2. The number of fused-ring (bicyclic) bond motifs is 1. The summed E-state index contributed by atoms with van der Waals surface area (Å²) in [7, 11) is 1.37. The molecule has 0 saturated carbocycles. The number of esters is 1. The number of aromatic nitrogens is 2. The number of benzene rings is 1. The quantitative estimate of drug-likeness (QED) is 0.658. The molecule has 23 heavy (non-hydrogen) atoms. The van der Waals surface area contributed by atoms with Crippen LogP contribution in [0.5, 0.6) is 0 Å². The molecule has 4 nitrogen and oxygen atoms in total. The summed E-state index contributed by atoms with van der Waals surface area (Å²) in [6.45, 7) is 1.99. The fraction of sp³-hybridized carbons (Fsp3) is 0.176. The van der Waals surface area contributed by atoms with E-state index in [1.165, 1.54) is 13.3 Å². The van der Waals surface area contributed by atoms with Gasteiger partial charge in [-0.05, 0) is 18.6 Å². The first kappa shape index (κ1) is 15.8. The van der Waals surface area contributed by atoms with Gasteiger partial charge in [-0.1, -0.05) is 53.0 Å². The summed E-state index contributed by atoms with van der Waals surface area (Å²) in [6, 6.07) is 8.87. The predicted octanol–water partition coefficient (Wildman–Crippen LogP) is 4.41. The van der Waals surface area contributed by atoms with Gasteiger partial charge in [0.05, 0.1) is 17.2 Å². The Morgan fingerprint density at radius 3 is 2.57 bits per heavy atom. The maximum atomic E-state index is 12.4. The SMILES string of the molecule is COC(=O)C(c1ccc(C)cc1)n1ccc2c(Cl)c(Cl)cnc21. The highest BCUT2D eigenvalue weighted by molar-refractivity contribution is 6.44. The molecule has 0 fully saturated rings.